The zero-order chi connectivity index (χ0) is 18.1. The smallest absolute Gasteiger partial charge is 0.340 e. The van der Waals surface area contributed by atoms with Crippen molar-refractivity contribution in [2.45, 2.75) is 50.2 Å². The molecule has 0 bridgehead atoms. The van der Waals surface area contributed by atoms with Crippen LogP contribution in [0.25, 0.3) is 0 Å². The summed E-state index contributed by atoms with van der Waals surface area (Å²) in [4.78, 5) is 18.5. The van der Waals surface area contributed by atoms with E-state index >= 15 is 0 Å². The molecule has 4 rings (SSSR count). The lowest BCUT2D eigenvalue weighted by molar-refractivity contribution is 0.0149. The number of aromatic nitrogens is 1. The number of hydrazone groups is 1. The fourth-order valence-corrected chi connectivity index (χ4v) is 3.95. The number of nitrogens with zero attached hydrogens (tertiary/aromatic N) is 4. The summed E-state index contributed by atoms with van der Waals surface area (Å²) in [7, 11) is 0. The average molecular weight is 364 g/mol. The molecular formula is C18H22F2N4O2. The van der Waals surface area contributed by atoms with Crippen molar-refractivity contribution < 1.29 is 18.3 Å². The number of amides is 2. The zero-order valence-corrected chi connectivity index (χ0v) is 14.4. The number of halogens is 2. The Morgan fingerprint density at radius 3 is 2.62 bits per heavy atom. The van der Waals surface area contributed by atoms with Crippen molar-refractivity contribution in [1.29, 1.82) is 0 Å². The third kappa shape index (κ3) is 3.50. The Balaban J connectivity index is 1.32. The number of ether oxygens (including phenoxy) is 1. The van der Waals surface area contributed by atoms with Crippen LogP contribution in [0, 0.1) is 5.92 Å². The normalized spacial score (nSPS) is 31.8. The Morgan fingerprint density at radius 1 is 1.15 bits per heavy atom. The van der Waals surface area contributed by atoms with Gasteiger partial charge in [0.1, 0.15) is 18.4 Å². The van der Waals surface area contributed by atoms with E-state index in [4.69, 9.17) is 4.74 Å². The molecule has 0 aromatic carbocycles. The molecule has 1 aliphatic carbocycles. The predicted molar refractivity (Wildman–Crippen MR) is 91.5 cm³/mol. The van der Waals surface area contributed by atoms with Crippen molar-refractivity contribution in [3.05, 3.63) is 24.4 Å². The van der Waals surface area contributed by atoms with Gasteiger partial charge in [0.15, 0.2) is 0 Å². The van der Waals surface area contributed by atoms with Gasteiger partial charge in [0.25, 0.3) is 0 Å². The Kier molecular flexibility index (Phi) is 4.74. The first-order valence-corrected chi connectivity index (χ1v) is 9.06. The van der Waals surface area contributed by atoms with Crippen LogP contribution in [-0.4, -0.2) is 64.7 Å². The SMILES string of the molecule is O=C(N1CC(Oc2ccccn2)C1)N1N=CC[C@H]1C1CC(F)CC(F)C1. The van der Waals surface area contributed by atoms with Crippen LogP contribution in [0.2, 0.25) is 0 Å². The molecule has 3 heterocycles. The largest absolute Gasteiger partial charge is 0.471 e. The number of hydrogen-bond donors (Lipinski definition) is 0. The van der Waals surface area contributed by atoms with Gasteiger partial charge in [0, 0.05) is 31.3 Å². The summed E-state index contributed by atoms with van der Waals surface area (Å²) in [6, 6.07) is 4.95. The Bertz CT molecular complexity index is 658. The second kappa shape index (κ2) is 7.17. The minimum Gasteiger partial charge on any atom is -0.471 e. The molecule has 2 aliphatic heterocycles. The number of carbonyl (C=O) groups is 1. The van der Waals surface area contributed by atoms with Crippen LogP contribution in [0.5, 0.6) is 5.88 Å². The Morgan fingerprint density at radius 2 is 1.92 bits per heavy atom. The summed E-state index contributed by atoms with van der Waals surface area (Å²) < 4.78 is 33.2. The molecule has 2 unspecified atom stereocenters. The molecule has 2 fully saturated rings. The molecule has 1 saturated carbocycles. The van der Waals surface area contributed by atoms with E-state index in [1.165, 1.54) is 5.01 Å². The molecule has 1 aromatic heterocycles. The summed E-state index contributed by atoms with van der Waals surface area (Å²) in [5, 5.41) is 5.58. The summed E-state index contributed by atoms with van der Waals surface area (Å²) in [5.41, 5.74) is 0. The highest BCUT2D eigenvalue weighted by Gasteiger charge is 2.43. The van der Waals surface area contributed by atoms with Gasteiger partial charge in [0.05, 0.1) is 19.1 Å². The van der Waals surface area contributed by atoms with Crippen LogP contribution in [-0.2, 0) is 0 Å². The van der Waals surface area contributed by atoms with E-state index in [-0.39, 0.29) is 30.5 Å². The van der Waals surface area contributed by atoms with Crippen molar-refractivity contribution in [2.75, 3.05) is 13.1 Å². The van der Waals surface area contributed by atoms with Gasteiger partial charge in [-0.15, -0.1) is 0 Å². The number of hydrogen-bond acceptors (Lipinski definition) is 4. The van der Waals surface area contributed by atoms with Crippen LogP contribution in [0.15, 0.2) is 29.5 Å². The zero-order valence-electron chi connectivity index (χ0n) is 14.4. The molecule has 8 heteroatoms. The predicted octanol–water partition coefficient (Wildman–Crippen LogP) is 2.80. The van der Waals surface area contributed by atoms with Gasteiger partial charge >= 0.3 is 6.03 Å². The number of rotatable bonds is 3. The standard InChI is InChI=1S/C18H22F2N4O2/c19-13-7-12(8-14(20)9-13)16-4-6-22-24(16)18(25)23-10-15(11-23)26-17-3-1-2-5-21-17/h1-3,5-6,12-16H,4,7-11H2/t12?,13?,14?,16-/m0/s1. The molecule has 2 amide bonds. The number of pyridine rings is 1. The molecule has 0 radical (unpaired) electrons. The first-order valence-electron chi connectivity index (χ1n) is 9.06. The van der Waals surface area contributed by atoms with Gasteiger partial charge in [0.2, 0.25) is 5.88 Å². The molecule has 6 nitrogen and oxygen atoms in total. The van der Waals surface area contributed by atoms with E-state index < -0.39 is 12.3 Å². The average Bonchev–Trinajstić information content (AvgIpc) is 3.07. The lowest BCUT2D eigenvalue weighted by atomic mass is 9.81. The van der Waals surface area contributed by atoms with Gasteiger partial charge in [-0.25, -0.2) is 23.6 Å². The molecule has 140 valence electrons. The molecule has 26 heavy (non-hydrogen) atoms. The van der Waals surface area contributed by atoms with E-state index in [0.29, 0.717) is 38.2 Å². The number of urea groups is 1. The molecule has 0 N–H and O–H groups in total. The summed E-state index contributed by atoms with van der Waals surface area (Å²) in [6.45, 7) is 0.909. The minimum atomic E-state index is -1.14. The molecular weight excluding hydrogens is 342 g/mol. The summed E-state index contributed by atoms with van der Waals surface area (Å²) >= 11 is 0. The first-order chi connectivity index (χ1) is 12.6. The van der Waals surface area contributed by atoms with Crippen LogP contribution in [0.1, 0.15) is 25.7 Å². The molecule has 0 spiro atoms. The van der Waals surface area contributed by atoms with Gasteiger partial charge in [-0.05, 0) is 24.8 Å². The van der Waals surface area contributed by atoms with E-state index in [9.17, 15) is 13.6 Å². The maximum absolute atomic E-state index is 13.7. The Labute approximate surface area is 150 Å². The second-order valence-corrected chi connectivity index (χ2v) is 7.20. The molecule has 3 atom stereocenters. The Hall–Kier alpha value is -2.25. The maximum Gasteiger partial charge on any atom is 0.340 e. The third-order valence-corrected chi connectivity index (χ3v) is 5.28. The van der Waals surface area contributed by atoms with Gasteiger partial charge in [-0.3, -0.25) is 0 Å². The second-order valence-electron chi connectivity index (χ2n) is 7.20. The fraction of sp³-hybridized carbons (Fsp3) is 0.611. The van der Waals surface area contributed by atoms with E-state index in [1.54, 1.807) is 23.4 Å². The number of likely N-dealkylation sites (tertiary alicyclic amines) is 1. The topological polar surface area (TPSA) is 58.0 Å². The highest BCUT2D eigenvalue weighted by molar-refractivity contribution is 5.79. The van der Waals surface area contributed by atoms with Crippen molar-refractivity contribution in [1.82, 2.24) is 14.9 Å². The van der Waals surface area contributed by atoms with Crippen LogP contribution >= 0.6 is 0 Å². The van der Waals surface area contributed by atoms with Gasteiger partial charge in [-0.2, -0.15) is 5.10 Å². The van der Waals surface area contributed by atoms with Crippen LogP contribution < -0.4 is 4.74 Å². The lowest BCUT2D eigenvalue weighted by Gasteiger charge is -2.42. The number of alkyl halides is 2. The third-order valence-electron chi connectivity index (χ3n) is 5.28. The summed E-state index contributed by atoms with van der Waals surface area (Å²) in [5.74, 6) is 0.342. The summed E-state index contributed by atoms with van der Waals surface area (Å²) in [6.07, 6.45) is 2.06. The molecule has 1 aromatic rings. The monoisotopic (exact) mass is 364 g/mol. The van der Waals surface area contributed by atoms with Crippen molar-refractivity contribution in [2.24, 2.45) is 11.0 Å². The van der Waals surface area contributed by atoms with E-state index in [0.717, 1.165) is 0 Å². The van der Waals surface area contributed by atoms with Crippen LogP contribution in [0.3, 0.4) is 0 Å². The molecule has 3 aliphatic rings. The lowest BCUT2D eigenvalue weighted by Crippen LogP contribution is -2.60. The van der Waals surface area contributed by atoms with Gasteiger partial charge < -0.3 is 9.64 Å². The van der Waals surface area contributed by atoms with Crippen molar-refractivity contribution in [3.8, 4) is 5.88 Å². The molecule has 1 saturated heterocycles. The van der Waals surface area contributed by atoms with E-state index in [2.05, 4.69) is 10.1 Å². The minimum absolute atomic E-state index is 0.0311. The van der Waals surface area contributed by atoms with Gasteiger partial charge in [-0.1, -0.05) is 6.07 Å². The highest BCUT2D eigenvalue weighted by Crippen LogP contribution is 2.36. The number of carbonyl (C=O) groups excluding carboxylic acids is 1. The van der Waals surface area contributed by atoms with E-state index in [1.807, 2.05) is 12.1 Å². The van der Waals surface area contributed by atoms with Crippen molar-refractivity contribution >= 4 is 12.2 Å². The van der Waals surface area contributed by atoms with Crippen LogP contribution in [0.4, 0.5) is 13.6 Å². The quantitative estimate of drug-likeness (QED) is 0.829. The fourth-order valence-electron chi connectivity index (χ4n) is 3.95. The first kappa shape index (κ1) is 17.2. The maximum atomic E-state index is 13.7. The highest BCUT2D eigenvalue weighted by atomic mass is 19.1. The van der Waals surface area contributed by atoms with Crippen molar-refractivity contribution in [3.63, 3.8) is 0 Å².